The van der Waals surface area contributed by atoms with Crippen LogP contribution in [0.1, 0.15) is 54.0 Å². The van der Waals surface area contributed by atoms with E-state index in [0.29, 0.717) is 57.4 Å². The van der Waals surface area contributed by atoms with E-state index >= 15 is 0 Å². The summed E-state index contributed by atoms with van der Waals surface area (Å²) in [6.45, 7) is 12.4. The van der Waals surface area contributed by atoms with Crippen LogP contribution in [0.25, 0.3) is 22.3 Å². The molecule has 0 aliphatic heterocycles. The third-order valence-electron chi connectivity index (χ3n) is 10.8. The van der Waals surface area contributed by atoms with Crippen molar-refractivity contribution in [3.8, 4) is 45.3 Å². The SMILES string of the molecule is CCc1cc(-c2cc(N)ccc2Oc2ccc(F)cc2F)cn(C)c1=O.CN(C(=O)OC(C)(C)C)c1cc(-c2cc(N)ccc2Oc2ccc(F)cc2F)cn(C)c1=O.CN(C(=O)OC(C)(C)C)c1cc(Br)cn(C)c1=O. The van der Waals surface area contributed by atoms with E-state index in [1.807, 2.05) is 6.92 Å². The van der Waals surface area contributed by atoms with Gasteiger partial charge in [0.25, 0.3) is 16.7 Å². The van der Waals surface area contributed by atoms with Gasteiger partial charge in [0, 0.05) is 110 Å². The van der Waals surface area contributed by atoms with Gasteiger partial charge in [-0.15, -0.1) is 0 Å². The van der Waals surface area contributed by atoms with Crippen LogP contribution >= 0.6 is 15.9 Å². The van der Waals surface area contributed by atoms with Crippen molar-refractivity contribution < 1.29 is 46.1 Å². The lowest BCUT2D eigenvalue weighted by Crippen LogP contribution is -2.37. The fourth-order valence-electron chi connectivity index (χ4n) is 7.09. The number of nitrogens with zero attached hydrogens (tertiary/aromatic N) is 5. The summed E-state index contributed by atoms with van der Waals surface area (Å²) in [5.74, 6) is -2.80. The minimum atomic E-state index is -0.872. The number of benzene rings is 4. The minimum Gasteiger partial charge on any atom is -0.454 e. The number of amides is 2. The molecule has 0 radical (unpaired) electrons. The van der Waals surface area contributed by atoms with Gasteiger partial charge in [0.2, 0.25) is 0 Å². The number of aryl methyl sites for hydroxylation is 4. The van der Waals surface area contributed by atoms with Gasteiger partial charge in [-0.2, -0.15) is 0 Å². The number of carbonyl (C=O) groups excluding carboxylic acids is 2. The molecule has 77 heavy (non-hydrogen) atoms. The number of ether oxygens (including phenoxy) is 4. The average molecular weight is 1130 g/mol. The Morgan fingerprint density at radius 1 is 0.545 bits per heavy atom. The zero-order chi connectivity index (χ0) is 57.4. The van der Waals surface area contributed by atoms with Crippen LogP contribution in [-0.4, -0.2) is 51.2 Å². The van der Waals surface area contributed by atoms with Crippen LogP contribution in [0, 0.1) is 23.3 Å². The molecule has 16 nitrogen and oxygen atoms in total. The van der Waals surface area contributed by atoms with E-state index in [4.69, 9.17) is 30.4 Å². The number of anilines is 4. The number of halogens is 5. The number of hydrogen-bond acceptors (Lipinski definition) is 11. The highest BCUT2D eigenvalue weighted by Gasteiger charge is 2.25. The molecule has 4 N–H and O–H groups in total. The number of carbonyl (C=O) groups is 2. The van der Waals surface area contributed by atoms with Gasteiger partial charge in [-0.25, -0.2) is 27.2 Å². The molecule has 0 bridgehead atoms. The molecule has 0 aliphatic rings. The third kappa shape index (κ3) is 15.9. The first-order valence-electron chi connectivity index (χ1n) is 23.6. The second-order valence-corrected chi connectivity index (χ2v) is 20.4. The highest BCUT2D eigenvalue weighted by atomic mass is 79.9. The predicted octanol–water partition coefficient (Wildman–Crippen LogP) is 11.9. The molecule has 0 saturated heterocycles. The standard InChI is InChI=1S/C24H25F2N3O4.C20H18F2N2O2.C12H17BrN2O3/c1-24(2,3)33-23(31)29(5)19-10-14(13-28(4)22(19)30)17-12-16(27)7-9-20(17)32-21-8-6-15(25)11-18(21)26;1-3-12-8-13(11-24(2)20(12)25)16-10-15(23)5-7-18(16)26-19-6-4-14(21)9-17(19)22;1-12(2,3)18-11(17)15(5)9-6-8(13)7-14(4)10(9)16/h6-13H,27H2,1-5H3;4-11H,3,23H2,1-2H3;6-7H,1-5H3. The molecular weight excluding hydrogens is 1070 g/mol. The van der Waals surface area contributed by atoms with Gasteiger partial charge in [-0.1, -0.05) is 6.92 Å². The Bertz CT molecular complexity index is 3520. The van der Waals surface area contributed by atoms with E-state index in [1.54, 1.807) is 110 Å². The summed E-state index contributed by atoms with van der Waals surface area (Å²) in [7, 11) is 7.76. The number of nitrogens with two attached hydrogens (primary N) is 2. The van der Waals surface area contributed by atoms with Crippen LogP contribution in [0.5, 0.6) is 23.0 Å². The molecule has 0 fully saturated rings. The third-order valence-corrected chi connectivity index (χ3v) is 11.3. The van der Waals surface area contributed by atoms with Crippen LogP contribution in [-0.2, 0) is 37.0 Å². The summed E-state index contributed by atoms with van der Waals surface area (Å²) in [5, 5.41) is 0. The zero-order valence-corrected chi connectivity index (χ0v) is 46.1. The Morgan fingerprint density at radius 3 is 1.32 bits per heavy atom. The summed E-state index contributed by atoms with van der Waals surface area (Å²) in [5.41, 5.74) is 13.9. The smallest absolute Gasteiger partial charge is 0.414 e. The fourth-order valence-corrected chi connectivity index (χ4v) is 7.62. The molecule has 0 saturated carbocycles. The minimum absolute atomic E-state index is 0.0607. The molecule has 0 unspecified atom stereocenters. The first kappa shape index (κ1) is 59.5. The molecule has 21 heteroatoms. The van der Waals surface area contributed by atoms with Gasteiger partial charge in [-0.05, 0) is 143 Å². The average Bonchev–Trinajstić information content (AvgIpc) is 3.33. The molecule has 3 aromatic heterocycles. The van der Waals surface area contributed by atoms with Crippen molar-refractivity contribution >= 4 is 50.9 Å². The first-order valence-corrected chi connectivity index (χ1v) is 24.4. The van der Waals surface area contributed by atoms with Crippen molar-refractivity contribution in [1.82, 2.24) is 13.7 Å². The van der Waals surface area contributed by atoms with Crippen LogP contribution in [0.2, 0.25) is 0 Å². The van der Waals surface area contributed by atoms with Crippen LogP contribution < -0.4 is 47.4 Å². The molecule has 4 aromatic carbocycles. The Balaban J connectivity index is 0.000000223. The zero-order valence-electron chi connectivity index (χ0n) is 44.6. The number of pyridine rings is 3. The first-order chi connectivity index (χ1) is 35.9. The maximum atomic E-state index is 14.2. The van der Waals surface area contributed by atoms with Gasteiger partial charge in [0.15, 0.2) is 23.1 Å². The lowest BCUT2D eigenvalue weighted by molar-refractivity contribution is 0.0578. The topological polar surface area (TPSA) is 196 Å². The summed E-state index contributed by atoms with van der Waals surface area (Å²) in [6, 6.07) is 20.6. The molecule has 7 rings (SSSR count). The van der Waals surface area contributed by atoms with Crippen molar-refractivity contribution in [3.63, 3.8) is 0 Å². The fraction of sp³-hybridized carbons (Fsp3) is 0.268. The van der Waals surface area contributed by atoms with E-state index < -0.39 is 52.2 Å². The van der Waals surface area contributed by atoms with E-state index in [1.165, 1.54) is 70.2 Å². The van der Waals surface area contributed by atoms with Crippen molar-refractivity contribution in [2.45, 2.75) is 66.1 Å². The molecule has 2 amide bonds. The van der Waals surface area contributed by atoms with E-state index in [0.717, 1.165) is 27.6 Å². The Hall–Kier alpha value is -8.33. The van der Waals surface area contributed by atoms with Gasteiger partial charge in [0.05, 0.1) is 0 Å². The van der Waals surface area contributed by atoms with Crippen molar-refractivity contribution in [3.05, 3.63) is 174 Å². The summed E-state index contributed by atoms with van der Waals surface area (Å²) < 4.78 is 81.3. The number of rotatable bonds is 9. The van der Waals surface area contributed by atoms with E-state index in [9.17, 15) is 41.5 Å². The highest BCUT2D eigenvalue weighted by molar-refractivity contribution is 9.10. The normalized spacial score (nSPS) is 11.1. The van der Waals surface area contributed by atoms with Gasteiger partial charge < -0.3 is 44.1 Å². The Morgan fingerprint density at radius 2 is 0.922 bits per heavy atom. The summed E-state index contributed by atoms with van der Waals surface area (Å²) in [6.07, 6.45) is 4.16. The van der Waals surface area contributed by atoms with Crippen molar-refractivity contribution in [2.24, 2.45) is 21.1 Å². The maximum Gasteiger partial charge on any atom is 0.414 e. The summed E-state index contributed by atoms with van der Waals surface area (Å²) in [4.78, 5) is 63.5. The van der Waals surface area contributed by atoms with Crippen LogP contribution in [0.4, 0.5) is 49.9 Å². The van der Waals surface area contributed by atoms with Gasteiger partial charge >= 0.3 is 12.2 Å². The lowest BCUT2D eigenvalue weighted by Gasteiger charge is -2.25. The summed E-state index contributed by atoms with van der Waals surface area (Å²) >= 11 is 3.29. The lowest BCUT2D eigenvalue weighted by atomic mass is 10.0. The molecule has 0 aliphatic carbocycles. The Labute approximate surface area is 450 Å². The van der Waals surface area contributed by atoms with E-state index in [-0.39, 0.29) is 39.7 Å². The van der Waals surface area contributed by atoms with Gasteiger partial charge in [-0.3, -0.25) is 24.2 Å². The maximum absolute atomic E-state index is 14.2. The van der Waals surface area contributed by atoms with Crippen molar-refractivity contribution in [2.75, 3.05) is 35.4 Å². The second kappa shape index (κ2) is 24.6. The van der Waals surface area contributed by atoms with Gasteiger partial charge in [0.1, 0.15) is 45.7 Å². The monoisotopic (exact) mass is 1130 g/mol. The molecule has 408 valence electrons. The molecule has 3 heterocycles. The quantitative estimate of drug-likeness (QED) is 0.103. The second-order valence-electron chi connectivity index (χ2n) is 19.5. The largest absolute Gasteiger partial charge is 0.454 e. The molecule has 0 spiro atoms. The molecule has 0 atom stereocenters. The Kier molecular flexibility index (Phi) is 19.0. The van der Waals surface area contributed by atoms with Crippen LogP contribution in [0.3, 0.4) is 0 Å². The molecular formula is C56H60BrF4N7O9. The highest BCUT2D eigenvalue weighted by Crippen LogP contribution is 2.38. The predicted molar refractivity (Wildman–Crippen MR) is 294 cm³/mol. The van der Waals surface area contributed by atoms with Crippen LogP contribution in [0.15, 0.2) is 128 Å². The number of aromatic nitrogens is 3. The number of nitrogen functional groups attached to an aromatic ring is 2. The van der Waals surface area contributed by atoms with E-state index in [2.05, 4.69) is 15.9 Å². The number of hydrogen-bond donors (Lipinski definition) is 2. The molecule has 7 aromatic rings. The van der Waals surface area contributed by atoms with Crippen molar-refractivity contribution in [1.29, 1.82) is 0 Å².